The molecule has 1 aromatic rings. The normalized spacial score (nSPS) is 13.1. The van der Waals surface area contributed by atoms with Gasteiger partial charge in [-0.25, -0.2) is 8.78 Å². The number of ether oxygens (including phenoxy) is 1. The fourth-order valence-corrected chi connectivity index (χ4v) is 1.43. The molecule has 0 heterocycles. The van der Waals surface area contributed by atoms with Crippen LogP contribution in [-0.2, 0) is 11.3 Å². The first-order valence-electron chi connectivity index (χ1n) is 4.72. The molecule has 0 aliphatic rings. The maximum absolute atomic E-state index is 12.5. The highest BCUT2D eigenvalue weighted by molar-refractivity contribution is 5.25. The highest BCUT2D eigenvalue weighted by Gasteiger charge is 2.19. The lowest BCUT2D eigenvalue weighted by atomic mass is 10.1. The van der Waals surface area contributed by atoms with Crippen LogP contribution in [0.4, 0.5) is 8.78 Å². The summed E-state index contributed by atoms with van der Waals surface area (Å²) in [6.45, 7) is 0.499. The van der Waals surface area contributed by atoms with Crippen molar-refractivity contribution in [3.8, 4) is 0 Å². The average molecular weight is 215 g/mol. The molecule has 0 saturated carbocycles. The van der Waals surface area contributed by atoms with Gasteiger partial charge in [-0.05, 0) is 18.2 Å². The van der Waals surface area contributed by atoms with Crippen LogP contribution < -0.4 is 5.32 Å². The van der Waals surface area contributed by atoms with E-state index >= 15 is 0 Å². The molecule has 1 aromatic carbocycles. The van der Waals surface area contributed by atoms with Crippen LogP contribution in [0.15, 0.2) is 24.3 Å². The van der Waals surface area contributed by atoms with Gasteiger partial charge >= 0.3 is 0 Å². The molecule has 4 heteroatoms. The molecule has 1 rings (SSSR count). The Morgan fingerprint density at radius 3 is 2.27 bits per heavy atom. The molecule has 0 aliphatic heterocycles. The van der Waals surface area contributed by atoms with E-state index in [9.17, 15) is 8.78 Å². The van der Waals surface area contributed by atoms with E-state index in [1.165, 1.54) is 7.05 Å². The van der Waals surface area contributed by atoms with Gasteiger partial charge in [0.05, 0.1) is 12.6 Å². The second-order valence-corrected chi connectivity index (χ2v) is 3.28. The third kappa shape index (κ3) is 3.25. The van der Waals surface area contributed by atoms with Crippen LogP contribution in [-0.4, -0.2) is 20.6 Å². The van der Waals surface area contributed by atoms with Gasteiger partial charge in [0.25, 0.3) is 6.43 Å². The molecular weight excluding hydrogens is 200 g/mol. The molecule has 0 radical (unpaired) electrons. The van der Waals surface area contributed by atoms with Crippen molar-refractivity contribution in [1.29, 1.82) is 0 Å². The number of nitrogens with one attached hydrogen (secondary N) is 1. The van der Waals surface area contributed by atoms with Gasteiger partial charge in [-0.2, -0.15) is 0 Å². The second kappa shape index (κ2) is 5.78. The van der Waals surface area contributed by atoms with E-state index in [0.29, 0.717) is 12.2 Å². The van der Waals surface area contributed by atoms with Crippen LogP contribution in [0.3, 0.4) is 0 Å². The van der Waals surface area contributed by atoms with Crippen LogP contribution in [0.2, 0.25) is 0 Å². The summed E-state index contributed by atoms with van der Waals surface area (Å²) >= 11 is 0. The summed E-state index contributed by atoms with van der Waals surface area (Å²) in [7, 11) is 3.13. The SMILES string of the molecule is CNC(c1ccc(COC)cc1)C(F)F. The Kier molecular flexibility index (Phi) is 4.65. The summed E-state index contributed by atoms with van der Waals surface area (Å²) in [4.78, 5) is 0. The van der Waals surface area contributed by atoms with Gasteiger partial charge in [0.1, 0.15) is 0 Å². The maximum Gasteiger partial charge on any atom is 0.257 e. The third-order valence-electron chi connectivity index (χ3n) is 2.21. The quantitative estimate of drug-likeness (QED) is 0.814. The van der Waals surface area contributed by atoms with Gasteiger partial charge in [-0.1, -0.05) is 24.3 Å². The summed E-state index contributed by atoms with van der Waals surface area (Å²) in [5.74, 6) is 0. The van der Waals surface area contributed by atoms with E-state index in [1.807, 2.05) is 0 Å². The first-order valence-corrected chi connectivity index (χ1v) is 4.72. The fraction of sp³-hybridized carbons (Fsp3) is 0.455. The van der Waals surface area contributed by atoms with E-state index in [2.05, 4.69) is 5.32 Å². The predicted molar refractivity (Wildman–Crippen MR) is 55.0 cm³/mol. The van der Waals surface area contributed by atoms with Crippen molar-refractivity contribution in [2.45, 2.75) is 19.1 Å². The Hall–Kier alpha value is -1.00. The van der Waals surface area contributed by atoms with E-state index in [-0.39, 0.29) is 0 Å². The van der Waals surface area contributed by atoms with Gasteiger partial charge in [-0.3, -0.25) is 0 Å². The number of methoxy groups -OCH3 is 1. The van der Waals surface area contributed by atoms with Crippen molar-refractivity contribution < 1.29 is 13.5 Å². The summed E-state index contributed by atoms with van der Waals surface area (Å²) < 4.78 is 30.0. The molecule has 0 amide bonds. The number of rotatable bonds is 5. The molecule has 0 aliphatic carbocycles. The molecule has 2 nitrogen and oxygen atoms in total. The van der Waals surface area contributed by atoms with E-state index in [1.54, 1.807) is 31.4 Å². The molecule has 15 heavy (non-hydrogen) atoms. The van der Waals surface area contributed by atoms with E-state index in [0.717, 1.165) is 5.56 Å². The lowest BCUT2D eigenvalue weighted by molar-refractivity contribution is 0.102. The topological polar surface area (TPSA) is 21.3 Å². The molecule has 1 N–H and O–H groups in total. The highest BCUT2D eigenvalue weighted by Crippen LogP contribution is 2.20. The van der Waals surface area contributed by atoms with Crippen molar-refractivity contribution in [2.75, 3.05) is 14.2 Å². The second-order valence-electron chi connectivity index (χ2n) is 3.28. The van der Waals surface area contributed by atoms with Gasteiger partial charge in [-0.15, -0.1) is 0 Å². The standard InChI is InChI=1S/C11H15F2NO/c1-14-10(11(12)13)9-5-3-8(4-6-9)7-15-2/h3-6,10-11,14H,7H2,1-2H3. The lowest BCUT2D eigenvalue weighted by Crippen LogP contribution is -2.23. The van der Waals surface area contributed by atoms with Crippen LogP contribution in [0.25, 0.3) is 0 Å². The van der Waals surface area contributed by atoms with Crippen molar-refractivity contribution in [3.05, 3.63) is 35.4 Å². The number of halogens is 2. The Balaban J connectivity index is 2.77. The zero-order valence-corrected chi connectivity index (χ0v) is 8.84. The summed E-state index contributed by atoms with van der Waals surface area (Å²) in [6.07, 6.45) is -2.40. The molecule has 0 fully saturated rings. The average Bonchev–Trinajstić information content (AvgIpc) is 2.21. The molecule has 0 bridgehead atoms. The Morgan fingerprint density at radius 1 is 1.27 bits per heavy atom. The molecule has 0 spiro atoms. The van der Waals surface area contributed by atoms with Crippen molar-refractivity contribution >= 4 is 0 Å². The van der Waals surface area contributed by atoms with Crippen LogP contribution in [0, 0.1) is 0 Å². The Bertz CT molecular complexity index is 287. The summed E-state index contributed by atoms with van der Waals surface area (Å²) in [5, 5.41) is 2.59. The molecular formula is C11H15F2NO. The zero-order valence-electron chi connectivity index (χ0n) is 8.84. The van der Waals surface area contributed by atoms with Gasteiger partial charge in [0, 0.05) is 7.11 Å². The minimum atomic E-state index is -2.40. The number of alkyl halides is 2. The third-order valence-corrected chi connectivity index (χ3v) is 2.21. The first kappa shape index (κ1) is 12.1. The van der Waals surface area contributed by atoms with Gasteiger partial charge < -0.3 is 10.1 Å². The van der Waals surface area contributed by atoms with Crippen LogP contribution in [0.5, 0.6) is 0 Å². The summed E-state index contributed by atoms with van der Waals surface area (Å²) in [5.41, 5.74) is 1.57. The van der Waals surface area contributed by atoms with E-state index in [4.69, 9.17) is 4.74 Å². The predicted octanol–water partition coefficient (Wildman–Crippen LogP) is 2.36. The molecule has 0 aromatic heterocycles. The number of hydrogen-bond acceptors (Lipinski definition) is 2. The van der Waals surface area contributed by atoms with Crippen LogP contribution >= 0.6 is 0 Å². The first-order chi connectivity index (χ1) is 7.19. The number of benzene rings is 1. The van der Waals surface area contributed by atoms with Crippen molar-refractivity contribution in [3.63, 3.8) is 0 Å². The van der Waals surface area contributed by atoms with Crippen LogP contribution in [0.1, 0.15) is 17.2 Å². The van der Waals surface area contributed by atoms with Gasteiger partial charge in [0.15, 0.2) is 0 Å². The largest absolute Gasteiger partial charge is 0.380 e. The molecule has 84 valence electrons. The summed E-state index contributed by atoms with van der Waals surface area (Å²) in [6, 6.07) is 6.09. The molecule has 1 atom stereocenters. The Morgan fingerprint density at radius 2 is 1.87 bits per heavy atom. The minimum Gasteiger partial charge on any atom is -0.380 e. The number of hydrogen-bond donors (Lipinski definition) is 1. The van der Waals surface area contributed by atoms with Crippen molar-refractivity contribution in [1.82, 2.24) is 5.32 Å². The lowest BCUT2D eigenvalue weighted by Gasteiger charge is -2.15. The monoisotopic (exact) mass is 215 g/mol. The smallest absolute Gasteiger partial charge is 0.257 e. The zero-order chi connectivity index (χ0) is 11.3. The fourth-order valence-electron chi connectivity index (χ4n) is 1.43. The van der Waals surface area contributed by atoms with Crippen molar-refractivity contribution in [2.24, 2.45) is 0 Å². The Labute approximate surface area is 88.3 Å². The van der Waals surface area contributed by atoms with Gasteiger partial charge in [0.2, 0.25) is 0 Å². The maximum atomic E-state index is 12.5. The highest BCUT2D eigenvalue weighted by atomic mass is 19.3. The molecule has 1 unspecified atom stereocenters. The molecule has 0 saturated heterocycles. The van der Waals surface area contributed by atoms with E-state index < -0.39 is 12.5 Å². The minimum absolute atomic E-state index is 0.499.